The van der Waals surface area contributed by atoms with Gasteiger partial charge in [-0.25, -0.2) is 10.4 Å². The van der Waals surface area contributed by atoms with Crippen LogP contribution >= 0.6 is 34.7 Å². The van der Waals surface area contributed by atoms with Crippen molar-refractivity contribution in [2.24, 2.45) is 5.10 Å². The zero-order chi connectivity index (χ0) is 29.8. The van der Waals surface area contributed by atoms with Crippen LogP contribution in [0.4, 0.5) is 0 Å². The number of aromatic nitrogens is 2. The molecule has 0 fully saturated rings. The van der Waals surface area contributed by atoms with Gasteiger partial charge >= 0.3 is 0 Å². The summed E-state index contributed by atoms with van der Waals surface area (Å²) >= 11 is 8.86. The first-order valence-corrected chi connectivity index (χ1v) is 15.8. The van der Waals surface area contributed by atoms with Crippen LogP contribution in [-0.2, 0) is 24.2 Å². The number of carbonyl (C=O) groups is 1. The van der Waals surface area contributed by atoms with Crippen LogP contribution < -0.4 is 20.5 Å². The SMILES string of the molecule is COc1ccc(C=NNC(=O)CSc2nc3sc4c(c3c(=O)n2-c2ccc(Cl)cc2)CCC4)cc1OCc1ccccc1. The Labute approximate surface area is 261 Å². The fourth-order valence-corrected chi connectivity index (χ4v) is 7.14. The van der Waals surface area contributed by atoms with E-state index in [1.54, 1.807) is 65.6 Å². The number of thiophene rings is 1. The minimum absolute atomic E-state index is 0.0159. The standard InChI is InChI=1S/C32H27ClN4O4S2/c1-40-25-15-10-21(16-26(25)41-18-20-6-3-2-4-7-20)17-34-36-28(38)19-42-32-35-30-29(24-8-5-9-27(24)43-30)31(39)37(32)23-13-11-22(33)12-14-23/h2-4,6-7,10-17H,5,8-9,18-19H2,1H3,(H,36,38). The zero-order valence-electron chi connectivity index (χ0n) is 23.2. The minimum atomic E-state index is -0.332. The Morgan fingerprint density at radius 3 is 2.72 bits per heavy atom. The van der Waals surface area contributed by atoms with Gasteiger partial charge < -0.3 is 9.47 Å². The average Bonchev–Trinajstić information content (AvgIpc) is 3.62. The Morgan fingerprint density at radius 1 is 1.12 bits per heavy atom. The van der Waals surface area contributed by atoms with Gasteiger partial charge in [0, 0.05) is 9.90 Å². The van der Waals surface area contributed by atoms with Gasteiger partial charge in [0.2, 0.25) is 0 Å². The van der Waals surface area contributed by atoms with Gasteiger partial charge in [-0.05, 0) is 78.4 Å². The van der Waals surface area contributed by atoms with Gasteiger partial charge in [0.1, 0.15) is 11.4 Å². The van der Waals surface area contributed by atoms with Crippen LogP contribution in [0.3, 0.4) is 0 Å². The highest BCUT2D eigenvalue weighted by Crippen LogP contribution is 2.36. The number of halogens is 1. The van der Waals surface area contributed by atoms with Crippen LogP contribution in [-0.4, -0.2) is 34.5 Å². The molecular formula is C32H27ClN4O4S2. The van der Waals surface area contributed by atoms with E-state index in [0.29, 0.717) is 44.2 Å². The molecule has 0 radical (unpaired) electrons. The highest BCUT2D eigenvalue weighted by atomic mass is 35.5. The second kappa shape index (κ2) is 13.0. The molecule has 2 aromatic heterocycles. The van der Waals surface area contributed by atoms with Crippen LogP contribution in [0, 0.1) is 0 Å². The lowest BCUT2D eigenvalue weighted by molar-refractivity contribution is -0.118. The van der Waals surface area contributed by atoms with E-state index in [9.17, 15) is 9.59 Å². The summed E-state index contributed by atoms with van der Waals surface area (Å²) in [6, 6.07) is 22.3. The molecule has 3 aromatic carbocycles. The van der Waals surface area contributed by atoms with E-state index in [-0.39, 0.29) is 17.2 Å². The fraction of sp³-hybridized carbons (Fsp3) is 0.188. The number of hydrogen-bond acceptors (Lipinski definition) is 8. The van der Waals surface area contributed by atoms with Gasteiger partial charge in [0.05, 0.1) is 30.2 Å². The molecular weight excluding hydrogens is 604 g/mol. The number of hydrogen-bond donors (Lipinski definition) is 1. The van der Waals surface area contributed by atoms with Crippen LogP contribution in [0.15, 0.2) is 87.8 Å². The number of amides is 1. The van der Waals surface area contributed by atoms with Crippen LogP contribution in [0.5, 0.6) is 11.5 Å². The van der Waals surface area contributed by atoms with E-state index in [1.807, 2.05) is 36.4 Å². The second-order valence-electron chi connectivity index (χ2n) is 9.82. The van der Waals surface area contributed by atoms with Gasteiger partial charge in [-0.15, -0.1) is 11.3 Å². The van der Waals surface area contributed by atoms with E-state index in [0.717, 1.165) is 36.0 Å². The molecule has 1 amide bonds. The van der Waals surface area contributed by atoms with Gasteiger partial charge in [0.25, 0.3) is 11.5 Å². The molecule has 8 nitrogen and oxygen atoms in total. The average molecular weight is 631 g/mol. The molecule has 0 saturated carbocycles. The van der Waals surface area contributed by atoms with Gasteiger partial charge in [-0.2, -0.15) is 5.10 Å². The summed E-state index contributed by atoms with van der Waals surface area (Å²) in [4.78, 5) is 33.3. The van der Waals surface area contributed by atoms with E-state index in [4.69, 9.17) is 26.1 Å². The molecule has 1 aliphatic carbocycles. The molecule has 0 saturated heterocycles. The van der Waals surface area contributed by atoms with E-state index in [1.165, 1.54) is 16.6 Å². The van der Waals surface area contributed by atoms with Crippen LogP contribution in [0.25, 0.3) is 15.9 Å². The van der Waals surface area contributed by atoms with Crippen molar-refractivity contribution in [3.8, 4) is 17.2 Å². The number of fused-ring (bicyclic) bond motifs is 3. The Bertz CT molecular complexity index is 1870. The summed E-state index contributed by atoms with van der Waals surface area (Å²) in [6.07, 6.45) is 4.44. The third-order valence-electron chi connectivity index (χ3n) is 6.95. The monoisotopic (exact) mass is 630 g/mol. The second-order valence-corrected chi connectivity index (χ2v) is 12.3. The Balaban J connectivity index is 1.16. The summed E-state index contributed by atoms with van der Waals surface area (Å²) in [5.74, 6) is 0.849. The lowest BCUT2D eigenvalue weighted by Gasteiger charge is -2.12. The maximum atomic E-state index is 13.8. The minimum Gasteiger partial charge on any atom is -0.493 e. The van der Waals surface area contributed by atoms with Crippen molar-refractivity contribution in [1.29, 1.82) is 0 Å². The van der Waals surface area contributed by atoms with E-state index < -0.39 is 0 Å². The molecule has 1 N–H and O–H groups in total. The number of carbonyl (C=O) groups excluding carboxylic acids is 1. The van der Waals surface area contributed by atoms with Gasteiger partial charge in [-0.3, -0.25) is 14.2 Å². The van der Waals surface area contributed by atoms with Crippen molar-refractivity contribution in [3.05, 3.63) is 110 Å². The summed E-state index contributed by atoms with van der Waals surface area (Å²) in [5, 5.41) is 5.81. The van der Waals surface area contributed by atoms with E-state index in [2.05, 4.69) is 10.5 Å². The quantitative estimate of drug-likeness (QED) is 0.0828. The molecule has 1 aliphatic rings. The van der Waals surface area contributed by atoms with Crippen molar-refractivity contribution in [3.63, 3.8) is 0 Å². The third kappa shape index (κ3) is 6.46. The first kappa shape index (κ1) is 29.0. The molecule has 43 heavy (non-hydrogen) atoms. The molecule has 0 spiro atoms. The predicted molar refractivity (Wildman–Crippen MR) is 172 cm³/mol. The number of benzene rings is 3. The van der Waals surface area contributed by atoms with E-state index >= 15 is 0 Å². The number of methoxy groups -OCH3 is 1. The lowest BCUT2D eigenvalue weighted by atomic mass is 10.2. The third-order valence-corrected chi connectivity index (χ3v) is 9.33. The highest BCUT2D eigenvalue weighted by molar-refractivity contribution is 7.99. The van der Waals surface area contributed by atoms with Gasteiger partial charge in [0.15, 0.2) is 16.7 Å². The molecule has 0 bridgehead atoms. The van der Waals surface area contributed by atoms with Crippen LogP contribution in [0.2, 0.25) is 5.02 Å². The number of aryl methyl sites for hydroxylation is 2. The summed E-state index contributed by atoms with van der Waals surface area (Å²) < 4.78 is 13.0. The molecule has 11 heteroatoms. The molecule has 2 heterocycles. The molecule has 5 aromatic rings. The first-order valence-electron chi connectivity index (χ1n) is 13.6. The highest BCUT2D eigenvalue weighted by Gasteiger charge is 2.24. The molecule has 0 unspecified atom stereocenters. The smallest absolute Gasteiger partial charge is 0.267 e. The normalized spacial score (nSPS) is 12.5. The van der Waals surface area contributed by atoms with Crippen molar-refractivity contribution >= 4 is 57.0 Å². The summed E-state index contributed by atoms with van der Waals surface area (Å²) in [7, 11) is 1.58. The van der Waals surface area contributed by atoms with Crippen molar-refractivity contribution in [2.45, 2.75) is 31.0 Å². The summed E-state index contributed by atoms with van der Waals surface area (Å²) in [6.45, 7) is 0.390. The number of nitrogens with one attached hydrogen (secondary N) is 1. The first-order chi connectivity index (χ1) is 21.0. The number of nitrogens with zero attached hydrogens (tertiary/aromatic N) is 3. The van der Waals surface area contributed by atoms with Crippen molar-refractivity contribution in [2.75, 3.05) is 12.9 Å². The number of hydrazone groups is 1. The van der Waals surface area contributed by atoms with Crippen LogP contribution in [0.1, 0.15) is 28.0 Å². The Morgan fingerprint density at radius 2 is 1.93 bits per heavy atom. The number of ether oxygens (including phenoxy) is 2. The molecule has 0 aliphatic heterocycles. The fourth-order valence-electron chi connectivity index (χ4n) is 4.90. The predicted octanol–water partition coefficient (Wildman–Crippen LogP) is 6.42. The Hall–Kier alpha value is -4.12. The lowest BCUT2D eigenvalue weighted by Crippen LogP contribution is -2.24. The molecule has 6 rings (SSSR count). The Kier molecular flexibility index (Phi) is 8.78. The van der Waals surface area contributed by atoms with Crippen molar-refractivity contribution in [1.82, 2.24) is 15.0 Å². The maximum Gasteiger partial charge on any atom is 0.267 e. The number of rotatable bonds is 10. The molecule has 218 valence electrons. The molecule has 0 atom stereocenters. The topological polar surface area (TPSA) is 94.8 Å². The van der Waals surface area contributed by atoms with Crippen molar-refractivity contribution < 1.29 is 14.3 Å². The van der Waals surface area contributed by atoms with Gasteiger partial charge in [-0.1, -0.05) is 53.7 Å². The maximum absolute atomic E-state index is 13.8. The number of thioether (sulfide) groups is 1. The largest absolute Gasteiger partial charge is 0.493 e. The zero-order valence-corrected chi connectivity index (χ0v) is 25.6. The summed E-state index contributed by atoms with van der Waals surface area (Å²) in [5.41, 5.74) is 5.95.